The lowest BCUT2D eigenvalue weighted by Crippen LogP contribution is -2.31. The van der Waals surface area contributed by atoms with Crippen LogP contribution >= 0.6 is 0 Å². The monoisotopic (exact) mass is 411 g/mol. The van der Waals surface area contributed by atoms with Gasteiger partial charge in [-0.25, -0.2) is 13.2 Å². The van der Waals surface area contributed by atoms with Crippen molar-refractivity contribution in [2.75, 3.05) is 44.0 Å². The number of carbonyl (C=O) groups is 2. The Balaban J connectivity index is 3.07. The van der Waals surface area contributed by atoms with Gasteiger partial charge in [-0.1, -0.05) is 26.8 Å². The summed E-state index contributed by atoms with van der Waals surface area (Å²) in [7, 11) is -0.115. The third kappa shape index (κ3) is 6.35. The molecule has 1 rings (SSSR count). The van der Waals surface area contributed by atoms with Crippen molar-refractivity contribution >= 4 is 33.3 Å². The van der Waals surface area contributed by atoms with Crippen molar-refractivity contribution in [2.24, 2.45) is 0 Å². The first-order valence-electron chi connectivity index (χ1n) is 9.11. The highest BCUT2D eigenvalue weighted by molar-refractivity contribution is 7.89. The number of hydrogen-bond acceptors (Lipinski definition) is 6. The Morgan fingerprint density at radius 2 is 1.79 bits per heavy atom. The molecule has 0 radical (unpaired) electrons. The molecule has 1 aromatic rings. The Morgan fingerprint density at radius 1 is 1.14 bits per heavy atom. The summed E-state index contributed by atoms with van der Waals surface area (Å²) in [5.74, 6) is -1.17. The van der Waals surface area contributed by atoms with Crippen LogP contribution in [0.3, 0.4) is 0 Å². The zero-order valence-electron chi connectivity index (χ0n) is 17.1. The van der Waals surface area contributed by atoms with Crippen LogP contribution in [0.4, 0.5) is 11.4 Å². The van der Waals surface area contributed by atoms with Crippen LogP contribution in [0.1, 0.15) is 27.2 Å². The molecule has 8 nitrogen and oxygen atoms in total. The van der Waals surface area contributed by atoms with E-state index < -0.39 is 28.5 Å². The van der Waals surface area contributed by atoms with E-state index in [1.54, 1.807) is 45.0 Å². The van der Waals surface area contributed by atoms with E-state index in [0.29, 0.717) is 30.9 Å². The molecule has 156 valence electrons. The Kier molecular flexibility index (Phi) is 9.14. The fourth-order valence-corrected chi connectivity index (χ4v) is 3.95. The number of benzene rings is 1. The molecular formula is C19H29N3O5S. The zero-order valence-corrected chi connectivity index (χ0v) is 17.9. The van der Waals surface area contributed by atoms with Gasteiger partial charge in [-0.2, -0.15) is 4.31 Å². The van der Waals surface area contributed by atoms with Gasteiger partial charge in [0.25, 0.3) is 5.91 Å². The summed E-state index contributed by atoms with van der Waals surface area (Å²) < 4.78 is 31.7. The Morgan fingerprint density at radius 3 is 2.32 bits per heavy atom. The molecule has 9 heteroatoms. The highest BCUT2D eigenvalue weighted by Gasteiger charge is 2.23. The Labute approximate surface area is 167 Å². The van der Waals surface area contributed by atoms with Gasteiger partial charge in [0.15, 0.2) is 6.61 Å². The molecule has 0 saturated heterocycles. The standard InChI is InChI=1S/C19H29N3O5S/c1-6-9-10-19(24)27-14-18(23)20-16-13-15(11-12-17(16)21(4)5)28(25,26)22(7-2)8-3/h9-13H,6-8,14H2,1-5H3,(H,20,23)/b10-9+. The van der Waals surface area contributed by atoms with Crippen molar-refractivity contribution in [3.05, 3.63) is 30.4 Å². The second kappa shape index (κ2) is 10.8. The predicted octanol–water partition coefficient (Wildman–Crippen LogP) is 2.23. The number of allylic oxidation sites excluding steroid dienone is 1. The van der Waals surface area contributed by atoms with Gasteiger partial charge in [0.2, 0.25) is 10.0 Å². The van der Waals surface area contributed by atoms with E-state index in [-0.39, 0.29) is 4.90 Å². The van der Waals surface area contributed by atoms with Crippen LogP contribution in [-0.2, 0) is 24.3 Å². The molecule has 0 atom stereocenters. The number of ether oxygens (including phenoxy) is 1. The van der Waals surface area contributed by atoms with Gasteiger partial charge in [0.05, 0.1) is 16.3 Å². The van der Waals surface area contributed by atoms with Crippen molar-refractivity contribution in [3.63, 3.8) is 0 Å². The molecule has 0 aliphatic heterocycles. The van der Waals surface area contributed by atoms with Crippen LogP contribution in [0.25, 0.3) is 0 Å². The van der Waals surface area contributed by atoms with Crippen LogP contribution in [0.2, 0.25) is 0 Å². The van der Waals surface area contributed by atoms with E-state index >= 15 is 0 Å². The molecule has 0 spiro atoms. The summed E-state index contributed by atoms with van der Waals surface area (Å²) >= 11 is 0. The topological polar surface area (TPSA) is 96.0 Å². The maximum Gasteiger partial charge on any atom is 0.330 e. The van der Waals surface area contributed by atoms with E-state index in [4.69, 9.17) is 4.74 Å². The van der Waals surface area contributed by atoms with Gasteiger partial charge in [-0.3, -0.25) is 4.79 Å². The number of anilines is 2. The number of amides is 1. The Bertz CT molecular complexity index is 815. The molecule has 0 fully saturated rings. The lowest BCUT2D eigenvalue weighted by atomic mass is 10.2. The maximum atomic E-state index is 12.8. The second-order valence-corrected chi connectivity index (χ2v) is 8.07. The van der Waals surface area contributed by atoms with E-state index in [9.17, 15) is 18.0 Å². The van der Waals surface area contributed by atoms with Crippen molar-refractivity contribution in [2.45, 2.75) is 32.1 Å². The van der Waals surface area contributed by atoms with Crippen LogP contribution in [0, 0.1) is 0 Å². The fourth-order valence-electron chi connectivity index (χ4n) is 2.46. The van der Waals surface area contributed by atoms with Gasteiger partial charge < -0.3 is 15.0 Å². The van der Waals surface area contributed by atoms with Crippen molar-refractivity contribution in [3.8, 4) is 0 Å². The summed E-state index contributed by atoms with van der Waals surface area (Å²) in [5, 5.41) is 2.63. The number of hydrogen-bond donors (Lipinski definition) is 1. The third-order valence-electron chi connectivity index (χ3n) is 3.90. The minimum absolute atomic E-state index is 0.0833. The molecule has 0 saturated carbocycles. The van der Waals surface area contributed by atoms with Crippen LogP contribution in [-0.4, -0.2) is 58.4 Å². The highest BCUT2D eigenvalue weighted by Crippen LogP contribution is 2.29. The zero-order chi connectivity index (χ0) is 21.3. The normalized spacial score (nSPS) is 11.6. The number of carbonyl (C=O) groups excluding carboxylic acids is 2. The molecular weight excluding hydrogens is 382 g/mol. The van der Waals surface area contributed by atoms with E-state index in [1.165, 1.54) is 22.5 Å². The number of nitrogens with one attached hydrogen (secondary N) is 1. The summed E-state index contributed by atoms with van der Waals surface area (Å²) in [6.07, 6.45) is 3.57. The third-order valence-corrected chi connectivity index (χ3v) is 5.95. The van der Waals surface area contributed by atoms with Gasteiger partial charge in [0, 0.05) is 33.3 Å². The average Bonchev–Trinajstić information content (AvgIpc) is 2.65. The smallest absolute Gasteiger partial charge is 0.330 e. The number of esters is 1. The maximum absolute atomic E-state index is 12.8. The lowest BCUT2D eigenvalue weighted by molar-refractivity contribution is -0.142. The molecule has 1 aromatic carbocycles. The minimum Gasteiger partial charge on any atom is -0.452 e. The van der Waals surface area contributed by atoms with E-state index in [1.807, 2.05) is 6.92 Å². The molecule has 0 aromatic heterocycles. The summed E-state index contributed by atoms with van der Waals surface area (Å²) in [5.41, 5.74) is 0.951. The van der Waals surface area contributed by atoms with Gasteiger partial charge in [-0.15, -0.1) is 0 Å². The number of rotatable bonds is 10. The van der Waals surface area contributed by atoms with Crippen LogP contribution in [0.5, 0.6) is 0 Å². The predicted molar refractivity (Wildman–Crippen MR) is 110 cm³/mol. The molecule has 0 aliphatic rings. The van der Waals surface area contributed by atoms with Crippen molar-refractivity contribution < 1.29 is 22.7 Å². The molecule has 1 amide bonds. The summed E-state index contributed by atoms with van der Waals surface area (Å²) in [6.45, 7) is 5.62. The first-order chi connectivity index (χ1) is 13.2. The summed E-state index contributed by atoms with van der Waals surface area (Å²) in [6, 6.07) is 4.55. The molecule has 0 aliphatic carbocycles. The van der Waals surface area contributed by atoms with Crippen molar-refractivity contribution in [1.29, 1.82) is 0 Å². The second-order valence-electron chi connectivity index (χ2n) is 6.13. The highest BCUT2D eigenvalue weighted by atomic mass is 32.2. The Hall–Kier alpha value is -2.39. The van der Waals surface area contributed by atoms with Crippen LogP contribution in [0.15, 0.2) is 35.2 Å². The number of nitrogens with zero attached hydrogens (tertiary/aromatic N) is 2. The van der Waals surface area contributed by atoms with Crippen LogP contribution < -0.4 is 10.2 Å². The fraction of sp³-hybridized carbons (Fsp3) is 0.474. The van der Waals surface area contributed by atoms with Gasteiger partial charge >= 0.3 is 5.97 Å². The molecule has 28 heavy (non-hydrogen) atoms. The lowest BCUT2D eigenvalue weighted by Gasteiger charge is -2.22. The number of sulfonamides is 1. The molecule has 0 heterocycles. The minimum atomic E-state index is -3.67. The first kappa shape index (κ1) is 23.6. The first-order valence-corrected chi connectivity index (χ1v) is 10.6. The largest absolute Gasteiger partial charge is 0.452 e. The SMILES string of the molecule is CC/C=C/C(=O)OCC(=O)Nc1cc(S(=O)(=O)N(CC)CC)ccc1N(C)C. The van der Waals surface area contributed by atoms with E-state index in [0.717, 1.165) is 0 Å². The summed E-state index contributed by atoms with van der Waals surface area (Å²) in [4.78, 5) is 25.5. The van der Waals surface area contributed by atoms with Gasteiger partial charge in [0.1, 0.15) is 0 Å². The van der Waals surface area contributed by atoms with Crippen molar-refractivity contribution in [1.82, 2.24) is 4.31 Å². The molecule has 0 bridgehead atoms. The quantitative estimate of drug-likeness (QED) is 0.469. The van der Waals surface area contributed by atoms with Gasteiger partial charge in [-0.05, 0) is 24.6 Å². The van der Waals surface area contributed by atoms with E-state index in [2.05, 4.69) is 5.32 Å². The molecule has 0 unspecified atom stereocenters. The average molecular weight is 412 g/mol. The molecule has 1 N–H and O–H groups in total.